The summed E-state index contributed by atoms with van der Waals surface area (Å²) in [6.07, 6.45) is 1.44. The van der Waals surface area contributed by atoms with E-state index in [2.05, 4.69) is 185 Å². The van der Waals surface area contributed by atoms with Crippen LogP contribution in [-0.4, -0.2) is 10.8 Å². The number of hydrogen-bond acceptors (Lipinski definition) is 3. The molecule has 0 saturated carbocycles. The Hall–Kier alpha value is -7.01. The van der Waals surface area contributed by atoms with Gasteiger partial charge in [-0.15, -0.1) is 0 Å². The molecule has 1 unspecified atom stereocenters. The lowest BCUT2D eigenvalue weighted by molar-refractivity contribution is 0.582. The van der Waals surface area contributed by atoms with Gasteiger partial charge in [0.1, 0.15) is 6.17 Å². The average molecular weight is 707 g/mol. The van der Waals surface area contributed by atoms with Crippen molar-refractivity contribution in [3.8, 4) is 27.9 Å². The van der Waals surface area contributed by atoms with Gasteiger partial charge in [0.2, 0.25) is 0 Å². The van der Waals surface area contributed by atoms with Crippen molar-refractivity contribution in [1.29, 1.82) is 0 Å². The summed E-state index contributed by atoms with van der Waals surface area (Å²) in [6.45, 7) is 0. The molecule has 0 bridgehead atoms. The fourth-order valence-electron chi connectivity index (χ4n) is 8.71. The SMILES string of the molecule is NC(N/N=C/c1cccc(-n2c3cc(-c4ccccc4)ccc3c3cc4c(cc32)-c2ccccc2C4(c2ccccc2)c2ccccc2)c1)c1ccccc1. The van der Waals surface area contributed by atoms with Crippen LogP contribution in [0.2, 0.25) is 0 Å². The van der Waals surface area contributed by atoms with E-state index < -0.39 is 11.6 Å². The second-order valence-corrected chi connectivity index (χ2v) is 14.2. The third-order valence-electron chi connectivity index (χ3n) is 11.2. The van der Waals surface area contributed by atoms with Crippen LogP contribution in [-0.2, 0) is 5.41 Å². The van der Waals surface area contributed by atoms with Crippen LogP contribution in [0.3, 0.4) is 0 Å². The summed E-state index contributed by atoms with van der Waals surface area (Å²) in [5, 5.41) is 6.98. The number of aromatic nitrogens is 1. The minimum Gasteiger partial charge on any atom is -0.309 e. The highest BCUT2D eigenvalue weighted by Gasteiger charge is 2.46. The molecule has 0 radical (unpaired) electrons. The predicted molar refractivity (Wildman–Crippen MR) is 228 cm³/mol. The largest absolute Gasteiger partial charge is 0.309 e. The van der Waals surface area contributed by atoms with Gasteiger partial charge in [0.05, 0.1) is 22.7 Å². The molecule has 1 aliphatic rings. The quantitative estimate of drug-likeness (QED) is 0.0939. The van der Waals surface area contributed by atoms with E-state index in [1.807, 2.05) is 36.5 Å². The molecule has 8 aromatic carbocycles. The summed E-state index contributed by atoms with van der Waals surface area (Å²) in [5.74, 6) is 0. The molecular weight excluding hydrogens is 669 g/mol. The maximum atomic E-state index is 6.40. The van der Waals surface area contributed by atoms with E-state index in [4.69, 9.17) is 5.73 Å². The maximum absolute atomic E-state index is 6.40. The Bertz CT molecular complexity index is 2800. The van der Waals surface area contributed by atoms with Gasteiger partial charge in [-0.2, -0.15) is 5.10 Å². The Kier molecular flexibility index (Phi) is 7.97. The lowest BCUT2D eigenvalue weighted by atomic mass is 9.67. The molecule has 1 aliphatic carbocycles. The summed E-state index contributed by atoms with van der Waals surface area (Å²) < 4.78 is 2.42. The first-order chi connectivity index (χ1) is 27.2. The van der Waals surface area contributed by atoms with Crippen molar-refractivity contribution in [3.63, 3.8) is 0 Å². The number of benzene rings is 8. The summed E-state index contributed by atoms with van der Waals surface area (Å²) >= 11 is 0. The van der Waals surface area contributed by atoms with Crippen molar-refractivity contribution in [2.45, 2.75) is 11.6 Å². The molecule has 0 fully saturated rings. The molecule has 10 rings (SSSR count). The van der Waals surface area contributed by atoms with Crippen molar-refractivity contribution >= 4 is 28.0 Å². The fraction of sp³-hybridized carbons (Fsp3) is 0.0392. The molecule has 0 spiro atoms. The number of nitrogens with two attached hydrogens (primary N) is 1. The third-order valence-corrected chi connectivity index (χ3v) is 11.2. The Labute approximate surface area is 320 Å². The number of rotatable bonds is 8. The Morgan fingerprint density at radius 3 is 1.87 bits per heavy atom. The van der Waals surface area contributed by atoms with Crippen LogP contribution in [0.15, 0.2) is 205 Å². The van der Waals surface area contributed by atoms with E-state index >= 15 is 0 Å². The number of hydrogen-bond donors (Lipinski definition) is 2. The average Bonchev–Trinajstić information content (AvgIpc) is 3.73. The monoisotopic (exact) mass is 706 g/mol. The van der Waals surface area contributed by atoms with E-state index in [1.165, 1.54) is 55.3 Å². The Morgan fingerprint density at radius 2 is 1.15 bits per heavy atom. The number of nitrogens with zero attached hydrogens (tertiary/aromatic N) is 2. The molecule has 1 heterocycles. The first kappa shape index (κ1) is 32.6. The van der Waals surface area contributed by atoms with Gasteiger partial charge in [-0.1, -0.05) is 170 Å². The van der Waals surface area contributed by atoms with Gasteiger partial charge in [-0.3, -0.25) is 5.43 Å². The van der Waals surface area contributed by atoms with E-state index in [1.54, 1.807) is 0 Å². The highest BCUT2D eigenvalue weighted by molar-refractivity contribution is 6.12. The minimum absolute atomic E-state index is 0.404. The van der Waals surface area contributed by atoms with Crippen molar-refractivity contribution in [2.24, 2.45) is 10.8 Å². The molecule has 1 aromatic heterocycles. The number of nitrogens with one attached hydrogen (secondary N) is 1. The van der Waals surface area contributed by atoms with Crippen molar-refractivity contribution in [3.05, 3.63) is 234 Å². The van der Waals surface area contributed by atoms with E-state index in [-0.39, 0.29) is 0 Å². The van der Waals surface area contributed by atoms with E-state index in [9.17, 15) is 0 Å². The normalized spacial score (nSPS) is 13.5. The zero-order chi connectivity index (χ0) is 36.8. The van der Waals surface area contributed by atoms with Crippen molar-refractivity contribution < 1.29 is 0 Å². The van der Waals surface area contributed by atoms with Crippen LogP contribution in [0.1, 0.15) is 39.5 Å². The molecule has 262 valence electrons. The molecule has 1 atom stereocenters. The summed E-state index contributed by atoms with van der Waals surface area (Å²) in [5.41, 5.74) is 24.3. The summed E-state index contributed by atoms with van der Waals surface area (Å²) in [4.78, 5) is 0. The summed E-state index contributed by atoms with van der Waals surface area (Å²) in [7, 11) is 0. The van der Waals surface area contributed by atoms with Crippen LogP contribution >= 0.6 is 0 Å². The van der Waals surface area contributed by atoms with Crippen LogP contribution in [0.5, 0.6) is 0 Å². The topological polar surface area (TPSA) is 55.3 Å². The minimum atomic E-state index is -0.481. The van der Waals surface area contributed by atoms with Gasteiger partial charge in [0, 0.05) is 16.5 Å². The van der Waals surface area contributed by atoms with Gasteiger partial charge in [-0.05, 0) is 86.0 Å². The molecule has 9 aromatic rings. The standard InChI is InChI=1S/C51H38N4/c52-50(37-19-7-2-8-20-37)54-53-34-35-16-15-25-41(30-35)55-48-31-38(36-17-5-1-6-18-36)28-29-43(48)45-32-47-44(33-49(45)55)42-26-13-14-27-46(42)51(47,39-21-9-3-10-22-39)40-23-11-4-12-24-40/h1-34,50,54H,52H2/b53-34+. The van der Waals surface area contributed by atoms with Crippen LogP contribution in [0.4, 0.5) is 0 Å². The van der Waals surface area contributed by atoms with Crippen molar-refractivity contribution in [1.82, 2.24) is 9.99 Å². The lowest BCUT2D eigenvalue weighted by Gasteiger charge is -2.33. The van der Waals surface area contributed by atoms with Gasteiger partial charge in [0.25, 0.3) is 0 Å². The zero-order valence-corrected chi connectivity index (χ0v) is 30.2. The maximum Gasteiger partial charge on any atom is 0.117 e. The van der Waals surface area contributed by atoms with Crippen LogP contribution in [0.25, 0.3) is 49.7 Å². The Balaban J connectivity index is 1.21. The van der Waals surface area contributed by atoms with Gasteiger partial charge in [0.15, 0.2) is 0 Å². The highest BCUT2D eigenvalue weighted by atomic mass is 15.3. The first-order valence-corrected chi connectivity index (χ1v) is 18.8. The molecule has 0 amide bonds. The second kappa shape index (κ2) is 13.4. The number of fused-ring (bicyclic) bond motifs is 6. The van der Waals surface area contributed by atoms with Gasteiger partial charge >= 0.3 is 0 Å². The molecule has 4 heteroatoms. The summed E-state index contributed by atoms with van der Waals surface area (Å²) in [6, 6.07) is 71.9. The molecular formula is C51H38N4. The first-order valence-electron chi connectivity index (χ1n) is 18.8. The third kappa shape index (κ3) is 5.38. The van der Waals surface area contributed by atoms with Crippen molar-refractivity contribution in [2.75, 3.05) is 0 Å². The van der Waals surface area contributed by atoms with E-state index in [0.717, 1.165) is 27.8 Å². The molecule has 55 heavy (non-hydrogen) atoms. The predicted octanol–water partition coefficient (Wildman–Crippen LogP) is 11.4. The van der Waals surface area contributed by atoms with Gasteiger partial charge < -0.3 is 10.3 Å². The van der Waals surface area contributed by atoms with E-state index in [0.29, 0.717) is 0 Å². The molecule has 0 saturated heterocycles. The number of hydrazone groups is 1. The molecule has 3 N–H and O–H groups in total. The lowest BCUT2D eigenvalue weighted by Crippen LogP contribution is -2.28. The Morgan fingerprint density at radius 1 is 0.509 bits per heavy atom. The fourth-order valence-corrected chi connectivity index (χ4v) is 8.71. The highest BCUT2D eigenvalue weighted by Crippen LogP contribution is 2.57. The van der Waals surface area contributed by atoms with Crippen LogP contribution < -0.4 is 11.2 Å². The zero-order valence-electron chi connectivity index (χ0n) is 30.2. The van der Waals surface area contributed by atoms with Gasteiger partial charge in [-0.25, -0.2) is 0 Å². The van der Waals surface area contributed by atoms with Crippen LogP contribution in [0, 0.1) is 0 Å². The smallest absolute Gasteiger partial charge is 0.117 e. The molecule has 0 aliphatic heterocycles. The molecule has 4 nitrogen and oxygen atoms in total. The second-order valence-electron chi connectivity index (χ2n) is 14.2.